The lowest BCUT2D eigenvalue weighted by molar-refractivity contribution is -0.0540. The van der Waals surface area contributed by atoms with Crippen molar-refractivity contribution in [1.29, 1.82) is 0 Å². The minimum absolute atomic E-state index is 0.546. The Kier molecular flexibility index (Phi) is 3.42. The Morgan fingerprint density at radius 3 is 2.41 bits per heavy atom. The molecule has 0 aromatic carbocycles. The van der Waals surface area contributed by atoms with Crippen LogP contribution in [0.25, 0.3) is 0 Å². The highest BCUT2D eigenvalue weighted by molar-refractivity contribution is 4.91. The average Bonchev–Trinajstić information content (AvgIpc) is 2.70. The molecule has 0 aromatic heterocycles. The molecule has 3 rings (SSSR count). The van der Waals surface area contributed by atoms with Crippen molar-refractivity contribution in [2.24, 2.45) is 5.41 Å². The number of fused-ring (bicyclic) bond motifs is 2. The van der Waals surface area contributed by atoms with E-state index in [0.29, 0.717) is 17.6 Å². The van der Waals surface area contributed by atoms with Crippen LogP contribution in [0.2, 0.25) is 0 Å². The van der Waals surface area contributed by atoms with Crippen molar-refractivity contribution in [3.05, 3.63) is 0 Å². The van der Waals surface area contributed by atoms with Crippen molar-refractivity contribution in [1.82, 2.24) is 10.2 Å². The molecule has 3 aliphatic rings. The number of ether oxygens (including phenoxy) is 1. The number of rotatable bonds is 3. The maximum absolute atomic E-state index is 5.93. The summed E-state index contributed by atoms with van der Waals surface area (Å²) in [6, 6.07) is 0. The van der Waals surface area contributed by atoms with Crippen molar-refractivity contribution < 1.29 is 4.74 Å². The normalized spacial score (nSPS) is 37.2. The van der Waals surface area contributed by atoms with E-state index < -0.39 is 0 Å². The highest BCUT2D eigenvalue weighted by Crippen LogP contribution is 2.35. The lowest BCUT2D eigenvalue weighted by Crippen LogP contribution is -2.50. The van der Waals surface area contributed by atoms with Gasteiger partial charge in [-0.1, -0.05) is 6.92 Å². The van der Waals surface area contributed by atoms with E-state index in [0.717, 1.165) is 0 Å². The summed E-state index contributed by atoms with van der Waals surface area (Å²) < 4.78 is 5.93. The first-order valence-corrected chi connectivity index (χ1v) is 7.38. The minimum Gasteiger partial charge on any atom is -0.372 e. The van der Waals surface area contributed by atoms with Gasteiger partial charge in [0, 0.05) is 19.6 Å². The molecule has 3 fully saturated rings. The second kappa shape index (κ2) is 4.87. The smallest absolute Gasteiger partial charge is 0.0707 e. The summed E-state index contributed by atoms with van der Waals surface area (Å²) in [5, 5.41) is 3.50. The van der Waals surface area contributed by atoms with Crippen LogP contribution < -0.4 is 5.32 Å². The van der Waals surface area contributed by atoms with Gasteiger partial charge in [-0.2, -0.15) is 0 Å². The van der Waals surface area contributed by atoms with Gasteiger partial charge in [0.2, 0.25) is 0 Å². The molecule has 3 saturated heterocycles. The largest absolute Gasteiger partial charge is 0.372 e. The van der Waals surface area contributed by atoms with E-state index in [-0.39, 0.29) is 0 Å². The minimum atomic E-state index is 0.546. The summed E-state index contributed by atoms with van der Waals surface area (Å²) in [4.78, 5) is 2.70. The highest BCUT2D eigenvalue weighted by Gasteiger charge is 2.38. The van der Waals surface area contributed by atoms with Gasteiger partial charge in [-0.05, 0) is 50.6 Å². The summed E-state index contributed by atoms with van der Waals surface area (Å²) in [5.74, 6) is 0. The number of hydrogen-bond acceptors (Lipinski definition) is 3. The third-order valence-corrected chi connectivity index (χ3v) is 5.09. The van der Waals surface area contributed by atoms with Gasteiger partial charge in [-0.15, -0.1) is 0 Å². The molecule has 3 aliphatic heterocycles. The maximum atomic E-state index is 5.93. The molecular weight excluding hydrogens is 212 g/mol. The summed E-state index contributed by atoms with van der Waals surface area (Å²) in [5.41, 5.74) is 0.585. The molecule has 2 atom stereocenters. The van der Waals surface area contributed by atoms with E-state index >= 15 is 0 Å². The summed E-state index contributed by atoms with van der Waals surface area (Å²) in [7, 11) is 0. The first-order valence-electron chi connectivity index (χ1n) is 7.38. The van der Waals surface area contributed by atoms with Crippen LogP contribution in [0.4, 0.5) is 0 Å². The number of morpholine rings is 1. The Balaban J connectivity index is 1.61. The fourth-order valence-electron chi connectivity index (χ4n) is 3.88. The molecular formula is C14H26N2O. The first-order chi connectivity index (χ1) is 8.30. The molecule has 2 unspecified atom stereocenters. The molecule has 0 aromatic rings. The average molecular weight is 238 g/mol. The lowest BCUT2D eigenvalue weighted by atomic mass is 9.76. The SMILES string of the molecule is CCC1(CN2CC3CCC(C2)O3)CCNCC1. The van der Waals surface area contributed by atoms with Crippen LogP contribution in [0.1, 0.15) is 39.0 Å². The van der Waals surface area contributed by atoms with Crippen molar-refractivity contribution in [2.45, 2.75) is 51.2 Å². The fourth-order valence-corrected chi connectivity index (χ4v) is 3.88. The third-order valence-electron chi connectivity index (χ3n) is 5.09. The standard InChI is InChI=1S/C14H26N2O/c1-2-14(5-7-15-8-6-14)11-16-9-12-3-4-13(10-16)17-12/h12-13,15H,2-11H2,1H3. The van der Waals surface area contributed by atoms with Gasteiger partial charge in [0.15, 0.2) is 0 Å². The molecule has 0 aliphatic carbocycles. The van der Waals surface area contributed by atoms with E-state index in [1.165, 1.54) is 64.8 Å². The van der Waals surface area contributed by atoms with Crippen LogP contribution in [0.5, 0.6) is 0 Å². The molecule has 0 spiro atoms. The van der Waals surface area contributed by atoms with Crippen LogP contribution in [0.15, 0.2) is 0 Å². The fraction of sp³-hybridized carbons (Fsp3) is 1.00. The Labute approximate surface area is 105 Å². The Morgan fingerprint density at radius 2 is 1.82 bits per heavy atom. The van der Waals surface area contributed by atoms with Crippen molar-refractivity contribution >= 4 is 0 Å². The van der Waals surface area contributed by atoms with Crippen molar-refractivity contribution in [3.8, 4) is 0 Å². The van der Waals surface area contributed by atoms with Crippen molar-refractivity contribution in [2.75, 3.05) is 32.7 Å². The van der Waals surface area contributed by atoms with Crippen LogP contribution in [-0.2, 0) is 4.74 Å². The molecule has 3 nitrogen and oxygen atoms in total. The lowest BCUT2D eigenvalue weighted by Gasteiger charge is -2.43. The van der Waals surface area contributed by atoms with Crippen molar-refractivity contribution in [3.63, 3.8) is 0 Å². The van der Waals surface area contributed by atoms with E-state index in [4.69, 9.17) is 4.74 Å². The predicted octanol–water partition coefficient (Wildman–Crippen LogP) is 1.63. The summed E-state index contributed by atoms with van der Waals surface area (Å²) in [6.45, 7) is 8.48. The quantitative estimate of drug-likeness (QED) is 0.809. The van der Waals surface area contributed by atoms with Crippen LogP contribution >= 0.6 is 0 Å². The topological polar surface area (TPSA) is 24.5 Å². The number of nitrogens with zero attached hydrogens (tertiary/aromatic N) is 1. The van der Waals surface area contributed by atoms with Crippen LogP contribution in [0, 0.1) is 5.41 Å². The Hall–Kier alpha value is -0.120. The van der Waals surface area contributed by atoms with E-state index in [2.05, 4.69) is 17.1 Å². The van der Waals surface area contributed by atoms with Gasteiger partial charge in [-0.25, -0.2) is 0 Å². The number of likely N-dealkylation sites (tertiary alicyclic amines) is 1. The molecule has 3 heterocycles. The van der Waals surface area contributed by atoms with Gasteiger partial charge in [0.05, 0.1) is 12.2 Å². The molecule has 98 valence electrons. The van der Waals surface area contributed by atoms with Crippen LogP contribution in [0.3, 0.4) is 0 Å². The maximum Gasteiger partial charge on any atom is 0.0707 e. The number of piperidine rings is 1. The zero-order chi connectivity index (χ0) is 11.7. The molecule has 0 radical (unpaired) electrons. The van der Waals surface area contributed by atoms with E-state index in [1.54, 1.807) is 0 Å². The molecule has 0 saturated carbocycles. The number of nitrogens with one attached hydrogen (secondary N) is 1. The summed E-state index contributed by atoms with van der Waals surface area (Å²) in [6.07, 6.45) is 7.73. The molecule has 1 N–H and O–H groups in total. The van der Waals surface area contributed by atoms with E-state index in [1.807, 2.05) is 0 Å². The second-order valence-electron chi connectivity index (χ2n) is 6.26. The number of hydrogen-bond donors (Lipinski definition) is 1. The second-order valence-corrected chi connectivity index (χ2v) is 6.26. The summed E-state index contributed by atoms with van der Waals surface area (Å²) >= 11 is 0. The Bertz CT molecular complexity index is 251. The van der Waals surface area contributed by atoms with Crippen LogP contribution in [-0.4, -0.2) is 49.8 Å². The molecule has 0 amide bonds. The zero-order valence-corrected chi connectivity index (χ0v) is 11.1. The first kappa shape index (κ1) is 11.9. The molecule has 2 bridgehead atoms. The Morgan fingerprint density at radius 1 is 1.18 bits per heavy atom. The van der Waals surface area contributed by atoms with Gasteiger partial charge in [0.25, 0.3) is 0 Å². The molecule has 17 heavy (non-hydrogen) atoms. The predicted molar refractivity (Wildman–Crippen MR) is 69.2 cm³/mol. The van der Waals surface area contributed by atoms with Gasteiger partial charge >= 0.3 is 0 Å². The van der Waals surface area contributed by atoms with Gasteiger partial charge in [0.1, 0.15) is 0 Å². The van der Waals surface area contributed by atoms with Gasteiger partial charge in [-0.3, -0.25) is 4.90 Å². The zero-order valence-electron chi connectivity index (χ0n) is 11.1. The van der Waals surface area contributed by atoms with Gasteiger partial charge < -0.3 is 10.1 Å². The molecule has 3 heteroatoms. The van der Waals surface area contributed by atoms with E-state index in [9.17, 15) is 0 Å². The monoisotopic (exact) mass is 238 g/mol. The third kappa shape index (κ3) is 2.51. The highest BCUT2D eigenvalue weighted by atomic mass is 16.5.